The Morgan fingerprint density at radius 2 is 1.26 bits per heavy atom. The van der Waals surface area contributed by atoms with Gasteiger partial charge in [0.05, 0.1) is 0 Å². The van der Waals surface area contributed by atoms with E-state index in [1.165, 1.54) is 23.3 Å². The van der Waals surface area contributed by atoms with Crippen molar-refractivity contribution in [2.75, 3.05) is 5.73 Å². The summed E-state index contributed by atoms with van der Waals surface area (Å²) in [6.45, 7) is 0. The van der Waals surface area contributed by atoms with E-state index in [-0.39, 0.29) is 17.2 Å². The highest BCUT2D eigenvalue weighted by Gasteiger charge is 2.62. The first kappa shape index (κ1) is 33.7. The van der Waals surface area contributed by atoms with Gasteiger partial charge in [-0.15, -0.1) is 0 Å². The molecular weight excluding hydrogens is 678 g/mol. The van der Waals surface area contributed by atoms with E-state index in [1.54, 1.807) is 97.1 Å². The van der Waals surface area contributed by atoms with Gasteiger partial charge in [0.25, 0.3) is 0 Å². The van der Waals surface area contributed by atoms with Crippen molar-refractivity contribution in [1.29, 1.82) is 0 Å². The largest absolute Gasteiger partial charge is 0.469 e. The van der Waals surface area contributed by atoms with Crippen LogP contribution in [0.3, 0.4) is 0 Å². The molecule has 13 heteroatoms. The van der Waals surface area contributed by atoms with Gasteiger partial charge < -0.3 is 34.9 Å². The molecule has 13 nitrogen and oxygen atoms in total. The summed E-state index contributed by atoms with van der Waals surface area (Å²) < 4.78 is 26.0. The van der Waals surface area contributed by atoms with Gasteiger partial charge in [-0.1, -0.05) is 121 Å². The minimum Gasteiger partial charge on any atom is -0.469 e. The minimum absolute atomic E-state index is 0.0196. The minimum atomic E-state index is -2.51. The summed E-state index contributed by atoms with van der Waals surface area (Å²) in [5.74, 6) is -2.17. The number of nitrogens with zero attached hydrogens (tertiary/aromatic N) is 4. The van der Waals surface area contributed by atoms with Gasteiger partial charge in [0, 0.05) is 6.08 Å². The molecular formula is C40H33N5O8. The zero-order valence-electron chi connectivity index (χ0n) is 28.0. The van der Waals surface area contributed by atoms with E-state index in [4.69, 9.17) is 24.7 Å². The smallest absolute Gasteiger partial charge is 0.347 e. The molecule has 266 valence electrons. The summed E-state index contributed by atoms with van der Waals surface area (Å²) in [6.07, 6.45) is -4.28. The fourth-order valence-electron chi connectivity index (χ4n) is 6.66. The van der Waals surface area contributed by atoms with Crippen LogP contribution in [0.4, 0.5) is 5.82 Å². The topological polar surface area (TPSA) is 181 Å². The van der Waals surface area contributed by atoms with Crippen molar-refractivity contribution in [2.45, 2.75) is 42.3 Å². The molecule has 5 atom stereocenters. The maximum atomic E-state index is 14.6. The first-order valence-corrected chi connectivity index (χ1v) is 16.8. The van der Waals surface area contributed by atoms with Crippen molar-refractivity contribution < 1.29 is 38.7 Å². The highest BCUT2D eigenvalue weighted by atomic mass is 16.6. The number of rotatable bonds is 10. The Morgan fingerprint density at radius 1 is 0.755 bits per heavy atom. The number of imidazole rings is 1. The standard InChI is InChI=1S/C40H33N5O8/c41-35-29-36(43-22-42-35)45(23-44-29)37-30(46)33-28(50-37)21-40(53-33,39(49)52-32(26-17-9-3-10-18-26)27-19-11-4-12-20-27)34(47)38(48)51-31(24-13-5-1-6-14-24)25-15-7-2-8-16-25/h1-23,30-34,37,46-47H,(H2,41,42,43)/t30-,33-,34+,37-,40+/m1/s1. The molecule has 4 heterocycles. The average Bonchev–Trinajstić information content (AvgIpc) is 3.90. The van der Waals surface area contributed by atoms with Gasteiger partial charge in [-0.25, -0.2) is 24.5 Å². The third kappa shape index (κ3) is 6.16. The van der Waals surface area contributed by atoms with Crippen LogP contribution in [0.5, 0.6) is 0 Å². The van der Waals surface area contributed by atoms with Crippen molar-refractivity contribution in [3.05, 3.63) is 168 Å². The predicted molar refractivity (Wildman–Crippen MR) is 189 cm³/mol. The normalized spacial score (nSPS) is 21.2. The van der Waals surface area contributed by atoms with Crippen LogP contribution in [-0.4, -0.2) is 65.6 Å². The second-order valence-electron chi connectivity index (χ2n) is 12.6. The second kappa shape index (κ2) is 14.0. The van der Waals surface area contributed by atoms with Crippen molar-refractivity contribution in [3.8, 4) is 0 Å². The number of fused-ring (bicyclic) bond motifs is 2. The molecule has 4 N–H and O–H groups in total. The lowest BCUT2D eigenvalue weighted by atomic mass is 9.95. The van der Waals surface area contributed by atoms with Crippen molar-refractivity contribution >= 4 is 28.9 Å². The molecule has 0 unspecified atom stereocenters. The average molecular weight is 712 g/mol. The molecule has 0 bridgehead atoms. The number of aromatic nitrogens is 4. The molecule has 0 amide bonds. The number of aliphatic hydroxyl groups is 2. The third-order valence-corrected chi connectivity index (χ3v) is 9.30. The first-order chi connectivity index (χ1) is 25.8. The molecule has 0 spiro atoms. The Labute approximate surface area is 302 Å². The van der Waals surface area contributed by atoms with Crippen molar-refractivity contribution in [3.63, 3.8) is 0 Å². The van der Waals surface area contributed by atoms with Gasteiger partial charge in [-0.05, 0) is 22.3 Å². The Hall–Kier alpha value is -6.41. The monoisotopic (exact) mass is 711 g/mol. The summed E-state index contributed by atoms with van der Waals surface area (Å²) in [6, 6.07) is 36.0. The van der Waals surface area contributed by atoms with Crippen molar-refractivity contribution in [1.82, 2.24) is 19.5 Å². The molecule has 4 aromatic carbocycles. The van der Waals surface area contributed by atoms with Gasteiger partial charge in [0.1, 0.15) is 36.1 Å². The lowest BCUT2D eigenvalue weighted by molar-refractivity contribution is -0.201. The number of esters is 2. The summed E-state index contributed by atoms with van der Waals surface area (Å²) in [5, 5.41) is 23.6. The molecule has 53 heavy (non-hydrogen) atoms. The van der Waals surface area contributed by atoms with Crippen LogP contribution in [0.1, 0.15) is 40.7 Å². The number of hydrogen-bond donors (Lipinski definition) is 3. The Kier molecular flexibility index (Phi) is 8.88. The molecule has 2 aliphatic heterocycles. The Balaban J connectivity index is 1.17. The van der Waals surface area contributed by atoms with Crippen LogP contribution >= 0.6 is 0 Å². The highest BCUT2D eigenvalue weighted by molar-refractivity contribution is 5.92. The SMILES string of the molecule is Nc1ncnc2c1ncn2[C@@H]1OC2=C[C@@](C(=O)OC(c3ccccc3)c3ccccc3)([C@@H](O)C(=O)OC(c3ccccc3)c3ccccc3)O[C@H]2[C@H]1O. The van der Waals surface area contributed by atoms with Crippen LogP contribution in [0.25, 0.3) is 11.2 Å². The number of ether oxygens (including phenoxy) is 4. The molecule has 1 saturated heterocycles. The van der Waals surface area contributed by atoms with Crippen molar-refractivity contribution in [2.24, 2.45) is 0 Å². The molecule has 0 aliphatic carbocycles. The zero-order chi connectivity index (χ0) is 36.5. The summed E-state index contributed by atoms with van der Waals surface area (Å²) in [5.41, 5.74) is 6.56. The van der Waals surface area contributed by atoms with Crippen LogP contribution < -0.4 is 5.73 Å². The maximum Gasteiger partial charge on any atom is 0.347 e. The van der Waals surface area contributed by atoms with Crippen LogP contribution in [0, 0.1) is 0 Å². The van der Waals surface area contributed by atoms with Gasteiger partial charge >= 0.3 is 11.9 Å². The van der Waals surface area contributed by atoms with E-state index in [0.29, 0.717) is 27.8 Å². The van der Waals surface area contributed by atoms with E-state index in [1.807, 2.05) is 24.3 Å². The Morgan fingerprint density at radius 3 is 1.77 bits per heavy atom. The maximum absolute atomic E-state index is 14.6. The first-order valence-electron chi connectivity index (χ1n) is 16.8. The van der Waals surface area contributed by atoms with Gasteiger partial charge in [0.2, 0.25) is 11.8 Å². The number of aliphatic hydroxyl groups excluding tert-OH is 2. The zero-order valence-corrected chi connectivity index (χ0v) is 28.0. The van der Waals surface area contributed by atoms with E-state index < -0.39 is 54.3 Å². The van der Waals surface area contributed by atoms with Crippen LogP contribution in [0.2, 0.25) is 0 Å². The lowest BCUT2D eigenvalue weighted by Crippen LogP contribution is -2.55. The van der Waals surface area contributed by atoms with E-state index >= 15 is 0 Å². The van der Waals surface area contributed by atoms with E-state index in [2.05, 4.69) is 15.0 Å². The highest BCUT2D eigenvalue weighted by Crippen LogP contribution is 2.46. The molecule has 2 aromatic heterocycles. The van der Waals surface area contributed by atoms with Crippen LogP contribution in [-0.2, 0) is 28.5 Å². The molecule has 0 saturated carbocycles. The summed E-state index contributed by atoms with van der Waals surface area (Å²) in [7, 11) is 0. The number of nitrogens with two attached hydrogens (primary N) is 1. The lowest BCUT2D eigenvalue weighted by Gasteiger charge is -2.33. The summed E-state index contributed by atoms with van der Waals surface area (Å²) >= 11 is 0. The summed E-state index contributed by atoms with van der Waals surface area (Å²) in [4.78, 5) is 41.2. The molecule has 8 rings (SSSR count). The fourth-order valence-corrected chi connectivity index (χ4v) is 6.66. The van der Waals surface area contributed by atoms with Gasteiger partial charge in [-0.3, -0.25) is 4.57 Å². The third-order valence-electron chi connectivity index (χ3n) is 9.30. The quantitative estimate of drug-likeness (QED) is 0.171. The molecule has 6 aromatic rings. The number of hydrogen-bond acceptors (Lipinski definition) is 12. The Bertz CT molecular complexity index is 2190. The fraction of sp³-hybridized carbons (Fsp3) is 0.175. The number of anilines is 1. The van der Waals surface area contributed by atoms with Gasteiger partial charge in [-0.2, -0.15) is 0 Å². The molecule has 0 radical (unpaired) electrons. The molecule has 1 fully saturated rings. The second-order valence-corrected chi connectivity index (χ2v) is 12.6. The molecule has 2 aliphatic rings. The van der Waals surface area contributed by atoms with E-state index in [0.717, 1.165) is 0 Å². The number of carbonyl (C=O) groups excluding carboxylic acids is 2. The van der Waals surface area contributed by atoms with Crippen LogP contribution in [0.15, 0.2) is 146 Å². The predicted octanol–water partition coefficient (Wildman–Crippen LogP) is 4.35. The van der Waals surface area contributed by atoms with Gasteiger partial charge in [0.15, 0.2) is 29.8 Å². The number of benzene rings is 4. The number of nitrogen functional groups attached to an aromatic ring is 1. The van der Waals surface area contributed by atoms with E-state index in [9.17, 15) is 19.8 Å². The number of carbonyl (C=O) groups is 2.